The summed E-state index contributed by atoms with van der Waals surface area (Å²) in [5, 5.41) is 7.68. The van der Waals surface area contributed by atoms with Gasteiger partial charge in [-0.15, -0.1) is 0 Å². The minimum atomic E-state index is -0.541. The molecule has 2 saturated heterocycles. The number of rotatable bonds is 8. The molecule has 2 atom stereocenters. The standard InChI is InChI=1S/C32H41N11O3/c1-23(24-8-6-5-7-9-24)25-16-33-29(34-17-25)40-10-12-41(13-11-40)30-36-22-35-28(39-30)38-26-18-37-43(19-26)21-27-20-42(14-15-45-27)31(44)46-32(2,3)4/h5-9,16-19,22-23,27H,10-15,20-21H2,1-4H3,(H,35,36,38,39). The number of aromatic nitrogens is 7. The zero-order valence-electron chi connectivity index (χ0n) is 26.8. The Bertz CT molecular complexity index is 1580. The molecule has 0 saturated carbocycles. The molecule has 6 rings (SSSR count). The summed E-state index contributed by atoms with van der Waals surface area (Å²) in [5.74, 6) is 2.00. The van der Waals surface area contributed by atoms with Gasteiger partial charge < -0.3 is 29.5 Å². The minimum absolute atomic E-state index is 0.197. The van der Waals surface area contributed by atoms with Gasteiger partial charge in [0.05, 0.1) is 37.7 Å². The molecule has 46 heavy (non-hydrogen) atoms. The van der Waals surface area contributed by atoms with E-state index in [1.54, 1.807) is 15.8 Å². The van der Waals surface area contributed by atoms with Crippen LogP contribution in [0.3, 0.4) is 0 Å². The van der Waals surface area contributed by atoms with Crippen molar-refractivity contribution in [3.63, 3.8) is 0 Å². The molecule has 0 aliphatic carbocycles. The number of hydrogen-bond acceptors (Lipinski definition) is 12. The molecule has 242 valence electrons. The molecule has 1 N–H and O–H groups in total. The number of benzene rings is 1. The van der Waals surface area contributed by atoms with Crippen LogP contribution in [0.5, 0.6) is 0 Å². The topological polar surface area (TPSA) is 140 Å². The first-order valence-corrected chi connectivity index (χ1v) is 15.6. The maximum absolute atomic E-state index is 12.5. The number of piperazine rings is 1. The van der Waals surface area contributed by atoms with Gasteiger partial charge in [-0.05, 0) is 31.9 Å². The second kappa shape index (κ2) is 13.6. The van der Waals surface area contributed by atoms with Crippen molar-refractivity contribution in [3.05, 3.63) is 72.6 Å². The van der Waals surface area contributed by atoms with Gasteiger partial charge in [0.15, 0.2) is 0 Å². The highest BCUT2D eigenvalue weighted by Gasteiger charge is 2.28. The average molecular weight is 628 g/mol. The van der Waals surface area contributed by atoms with Crippen molar-refractivity contribution >= 4 is 29.6 Å². The fourth-order valence-corrected chi connectivity index (χ4v) is 5.45. The largest absolute Gasteiger partial charge is 0.444 e. The van der Waals surface area contributed by atoms with Crippen molar-refractivity contribution in [1.82, 2.24) is 39.6 Å². The van der Waals surface area contributed by atoms with Crippen LogP contribution in [-0.2, 0) is 16.0 Å². The van der Waals surface area contributed by atoms with Crippen LogP contribution in [0.4, 0.5) is 28.3 Å². The summed E-state index contributed by atoms with van der Waals surface area (Å²) in [4.78, 5) is 41.2. The lowest BCUT2D eigenvalue weighted by molar-refractivity contribution is -0.0483. The quantitative estimate of drug-likeness (QED) is 0.305. The molecular formula is C32H41N11O3. The molecule has 2 fully saturated rings. The first kappa shape index (κ1) is 31.1. The lowest BCUT2D eigenvalue weighted by atomic mass is 9.96. The third-order valence-electron chi connectivity index (χ3n) is 7.93. The van der Waals surface area contributed by atoms with Gasteiger partial charge in [-0.3, -0.25) is 4.68 Å². The van der Waals surface area contributed by atoms with Gasteiger partial charge in [-0.2, -0.15) is 10.1 Å². The molecule has 2 unspecified atom stereocenters. The Kier molecular flexibility index (Phi) is 9.24. The summed E-state index contributed by atoms with van der Waals surface area (Å²) in [6, 6.07) is 10.4. The third kappa shape index (κ3) is 7.86. The molecule has 0 radical (unpaired) electrons. The number of nitrogens with one attached hydrogen (secondary N) is 1. The molecule has 0 spiro atoms. The van der Waals surface area contributed by atoms with Crippen molar-refractivity contribution in [2.45, 2.75) is 51.9 Å². The first-order chi connectivity index (χ1) is 22.2. The molecular weight excluding hydrogens is 586 g/mol. The summed E-state index contributed by atoms with van der Waals surface area (Å²) >= 11 is 0. The van der Waals surface area contributed by atoms with Gasteiger partial charge in [-0.25, -0.2) is 24.7 Å². The SMILES string of the molecule is CC(c1ccccc1)c1cnc(N2CCN(c3ncnc(Nc4cnn(CC5CN(C(=O)OC(C)(C)C)CCO5)c4)n3)CC2)nc1. The van der Waals surface area contributed by atoms with Crippen LogP contribution < -0.4 is 15.1 Å². The Morgan fingerprint density at radius 2 is 1.67 bits per heavy atom. The average Bonchev–Trinajstić information content (AvgIpc) is 3.50. The number of anilines is 4. The van der Waals surface area contributed by atoms with E-state index in [0.29, 0.717) is 38.1 Å². The lowest BCUT2D eigenvalue weighted by Gasteiger charge is -2.34. The summed E-state index contributed by atoms with van der Waals surface area (Å²) in [6.45, 7) is 12.6. The van der Waals surface area contributed by atoms with Crippen molar-refractivity contribution in [3.8, 4) is 0 Å². The second-order valence-corrected chi connectivity index (χ2v) is 12.5. The maximum Gasteiger partial charge on any atom is 0.410 e. The summed E-state index contributed by atoms with van der Waals surface area (Å²) in [5.41, 5.74) is 2.54. The van der Waals surface area contributed by atoms with Gasteiger partial charge >= 0.3 is 6.09 Å². The van der Waals surface area contributed by atoms with E-state index in [-0.39, 0.29) is 18.1 Å². The van der Waals surface area contributed by atoms with E-state index in [9.17, 15) is 4.79 Å². The van der Waals surface area contributed by atoms with E-state index in [0.717, 1.165) is 43.4 Å². The van der Waals surface area contributed by atoms with Crippen LogP contribution >= 0.6 is 0 Å². The third-order valence-corrected chi connectivity index (χ3v) is 7.93. The molecule has 3 aromatic heterocycles. The molecule has 14 nitrogen and oxygen atoms in total. The van der Waals surface area contributed by atoms with E-state index in [2.05, 4.69) is 76.3 Å². The fraction of sp³-hybridized carbons (Fsp3) is 0.469. The smallest absolute Gasteiger partial charge is 0.410 e. The number of hydrogen-bond donors (Lipinski definition) is 1. The lowest BCUT2D eigenvalue weighted by Crippen LogP contribution is -2.48. The van der Waals surface area contributed by atoms with Gasteiger partial charge in [0.2, 0.25) is 17.8 Å². The fourth-order valence-electron chi connectivity index (χ4n) is 5.45. The molecule has 4 aromatic rings. The molecule has 0 bridgehead atoms. The summed E-state index contributed by atoms with van der Waals surface area (Å²) in [7, 11) is 0. The van der Waals surface area contributed by atoms with Crippen LogP contribution in [-0.4, -0.2) is 103 Å². The van der Waals surface area contributed by atoms with E-state index in [1.165, 1.54) is 11.9 Å². The first-order valence-electron chi connectivity index (χ1n) is 15.6. The van der Waals surface area contributed by atoms with Crippen molar-refractivity contribution in [2.24, 2.45) is 0 Å². The van der Waals surface area contributed by atoms with Crippen molar-refractivity contribution < 1.29 is 14.3 Å². The number of ether oxygens (including phenoxy) is 2. The zero-order valence-corrected chi connectivity index (χ0v) is 26.8. The van der Waals surface area contributed by atoms with E-state index in [4.69, 9.17) is 9.47 Å². The molecule has 5 heterocycles. The van der Waals surface area contributed by atoms with Gasteiger partial charge in [0.25, 0.3) is 0 Å². The number of morpholine rings is 1. The summed E-state index contributed by atoms with van der Waals surface area (Å²) < 4.78 is 13.2. The monoisotopic (exact) mass is 627 g/mol. The molecule has 1 aromatic carbocycles. The zero-order chi connectivity index (χ0) is 32.1. The van der Waals surface area contributed by atoms with E-state index < -0.39 is 5.60 Å². The Hall–Kier alpha value is -4.85. The van der Waals surface area contributed by atoms with Gasteiger partial charge in [0.1, 0.15) is 11.9 Å². The number of carbonyl (C=O) groups excluding carboxylic acids is 1. The van der Waals surface area contributed by atoms with Crippen molar-refractivity contribution in [2.75, 3.05) is 61.0 Å². The number of amides is 1. The van der Waals surface area contributed by atoms with Gasteiger partial charge in [-0.1, -0.05) is 37.3 Å². The van der Waals surface area contributed by atoms with Crippen LogP contribution in [0.25, 0.3) is 0 Å². The van der Waals surface area contributed by atoms with Crippen LogP contribution in [0.1, 0.15) is 44.7 Å². The Morgan fingerprint density at radius 1 is 0.957 bits per heavy atom. The highest BCUT2D eigenvalue weighted by molar-refractivity contribution is 5.68. The van der Waals surface area contributed by atoms with Gasteiger partial charge in [0, 0.05) is 57.2 Å². The Balaban J connectivity index is 0.999. The van der Waals surface area contributed by atoms with E-state index >= 15 is 0 Å². The highest BCUT2D eigenvalue weighted by Crippen LogP contribution is 2.24. The predicted molar refractivity (Wildman–Crippen MR) is 173 cm³/mol. The van der Waals surface area contributed by atoms with Crippen LogP contribution in [0, 0.1) is 0 Å². The van der Waals surface area contributed by atoms with Crippen molar-refractivity contribution in [1.29, 1.82) is 0 Å². The number of carbonyl (C=O) groups is 1. The second-order valence-electron chi connectivity index (χ2n) is 12.5. The van der Waals surface area contributed by atoms with Crippen LogP contribution in [0.15, 0.2) is 61.4 Å². The Labute approximate surface area is 268 Å². The minimum Gasteiger partial charge on any atom is -0.444 e. The summed E-state index contributed by atoms with van der Waals surface area (Å²) in [6.07, 6.45) is 8.42. The Morgan fingerprint density at radius 3 is 2.39 bits per heavy atom. The predicted octanol–water partition coefficient (Wildman–Crippen LogP) is 3.72. The number of nitrogens with zero attached hydrogens (tertiary/aromatic N) is 10. The normalized spacial score (nSPS) is 17.9. The molecule has 1 amide bonds. The molecule has 2 aliphatic heterocycles. The molecule has 14 heteroatoms. The maximum atomic E-state index is 12.5. The highest BCUT2D eigenvalue weighted by atomic mass is 16.6. The van der Waals surface area contributed by atoms with Crippen LogP contribution in [0.2, 0.25) is 0 Å². The van der Waals surface area contributed by atoms with E-state index in [1.807, 2.05) is 45.4 Å². The molecule has 2 aliphatic rings.